The van der Waals surface area contributed by atoms with Gasteiger partial charge in [0.25, 0.3) is 0 Å². The topological polar surface area (TPSA) is 20.2 Å². The Kier molecular flexibility index (Phi) is 2.31. The average molecular weight is 201 g/mol. The second-order valence-corrected chi connectivity index (χ2v) is 4.29. The highest BCUT2D eigenvalue weighted by Crippen LogP contribution is 2.48. The fourth-order valence-electron chi connectivity index (χ4n) is 1.38. The minimum Gasteiger partial charge on any atom is -0.330 e. The van der Waals surface area contributed by atoms with E-state index < -0.39 is 0 Å². The van der Waals surface area contributed by atoms with E-state index in [0.29, 0.717) is 11.2 Å². The summed E-state index contributed by atoms with van der Waals surface area (Å²) in [4.78, 5) is 0. The van der Waals surface area contributed by atoms with Crippen molar-refractivity contribution in [3.05, 3.63) is 34.9 Å². The highest BCUT2D eigenvalue weighted by atomic mass is 35.5. The average Bonchev–Trinajstić information content (AvgIpc) is 2.83. The van der Waals surface area contributed by atoms with Gasteiger partial charge in [0.15, 0.2) is 0 Å². The van der Waals surface area contributed by atoms with Crippen molar-refractivity contribution in [2.24, 2.45) is 0 Å². The van der Waals surface area contributed by atoms with Gasteiger partial charge in [0.2, 0.25) is 0 Å². The van der Waals surface area contributed by atoms with Gasteiger partial charge in [0.1, 0.15) is 0 Å². The number of rotatable bonds is 2. The van der Waals surface area contributed by atoms with Crippen molar-refractivity contribution in [2.75, 3.05) is 0 Å². The monoisotopic (exact) mass is 200 g/mol. The Bertz CT molecular complexity index is 290. The summed E-state index contributed by atoms with van der Waals surface area (Å²) in [5.74, 6) is 0.513. The summed E-state index contributed by atoms with van der Waals surface area (Å²) in [6, 6.07) is 7.86. The number of halogens is 1. The van der Waals surface area contributed by atoms with Crippen molar-refractivity contribution in [1.82, 2.24) is 0 Å². The van der Waals surface area contributed by atoms with E-state index in [1.54, 1.807) is 0 Å². The second kappa shape index (κ2) is 3.29. The Labute approximate surface area is 81.0 Å². The third-order valence-electron chi connectivity index (χ3n) is 2.14. The minimum atomic E-state index is 0.392. The molecule has 0 aromatic heterocycles. The summed E-state index contributed by atoms with van der Waals surface area (Å²) in [5.41, 5.74) is 1.24. The van der Waals surface area contributed by atoms with E-state index in [0.717, 1.165) is 23.5 Å². The van der Waals surface area contributed by atoms with Crippen molar-refractivity contribution >= 4 is 23.6 Å². The largest absolute Gasteiger partial charge is 0.330 e. The molecule has 12 heavy (non-hydrogen) atoms. The van der Waals surface area contributed by atoms with Crippen LogP contribution in [0.25, 0.3) is 0 Å². The van der Waals surface area contributed by atoms with Crippen LogP contribution in [0.4, 0.5) is 0 Å². The summed E-state index contributed by atoms with van der Waals surface area (Å²) in [5, 5.41) is 1.17. The maximum atomic E-state index is 8.79. The maximum absolute atomic E-state index is 8.79. The van der Waals surface area contributed by atoms with Crippen LogP contribution >= 0.6 is 23.6 Å². The van der Waals surface area contributed by atoms with Crippen LogP contribution in [0.15, 0.2) is 24.3 Å². The van der Waals surface area contributed by atoms with Gasteiger partial charge in [-0.05, 0) is 42.1 Å². The summed E-state index contributed by atoms with van der Waals surface area (Å²) in [6.07, 6.45) is 1.07. The number of benzene rings is 1. The lowest BCUT2D eigenvalue weighted by molar-refractivity contribution is 0.662. The van der Waals surface area contributed by atoms with Gasteiger partial charge in [-0.1, -0.05) is 23.7 Å². The van der Waals surface area contributed by atoms with Gasteiger partial charge in [0.05, 0.1) is 0 Å². The number of hydrogen-bond donors (Lipinski definition) is 1. The Morgan fingerprint density at radius 3 is 2.92 bits per heavy atom. The third-order valence-corrected chi connectivity index (χ3v) is 3.17. The van der Waals surface area contributed by atoms with Gasteiger partial charge in [-0.2, -0.15) is 0 Å². The zero-order valence-corrected chi connectivity index (χ0v) is 7.98. The van der Waals surface area contributed by atoms with Crippen LogP contribution in [0, 0.1) is 0 Å². The first-order chi connectivity index (χ1) is 5.81. The van der Waals surface area contributed by atoms with Crippen LogP contribution in [-0.2, 0) is 0 Å². The molecule has 64 valence electrons. The van der Waals surface area contributed by atoms with E-state index >= 15 is 0 Å². The molecule has 0 saturated heterocycles. The van der Waals surface area contributed by atoms with Crippen LogP contribution in [0.3, 0.4) is 0 Å². The first-order valence-corrected chi connectivity index (χ1v) is 5.08. The normalized spacial score (nSPS) is 27.2. The van der Waals surface area contributed by atoms with Crippen LogP contribution < -0.4 is 0 Å². The molecule has 0 amide bonds. The first-order valence-electron chi connectivity index (χ1n) is 3.87. The van der Waals surface area contributed by atoms with Crippen LogP contribution in [0.2, 0.25) is 5.02 Å². The van der Waals surface area contributed by atoms with Crippen molar-refractivity contribution in [1.29, 1.82) is 0 Å². The lowest BCUT2D eigenvalue weighted by atomic mass is 10.1. The Morgan fingerprint density at radius 1 is 1.50 bits per heavy atom. The number of hydrogen-bond acceptors (Lipinski definition) is 2. The summed E-state index contributed by atoms with van der Waals surface area (Å²) < 4.78 is 8.79. The van der Waals surface area contributed by atoms with Gasteiger partial charge < -0.3 is 4.55 Å². The molecular formula is C9H9ClOS. The molecule has 1 aliphatic carbocycles. The first kappa shape index (κ1) is 8.42. The molecule has 0 spiro atoms. The SMILES string of the molecule is OSC1CC1c1cccc(Cl)c1. The molecule has 2 unspecified atom stereocenters. The molecule has 0 radical (unpaired) electrons. The van der Waals surface area contributed by atoms with E-state index in [2.05, 4.69) is 6.07 Å². The molecule has 1 aromatic rings. The zero-order chi connectivity index (χ0) is 8.55. The van der Waals surface area contributed by atoms with Crippen molar-refractivity contribution in [2.45, 2.75) is 17.6 Å². The van der Waals surface area contributed by atoms with Gasteiger partial charge in [0, 0.05) is 10.3 Å². The molecule has 3 heteroatoms. The highest BCUT2D eigenvalue weighted by Gasteiger charge is 2.38. The van der Waals surface area contributed by atoms with Gasteiger partial charge in [-0.15, -0.1) is 0 Å². The molecule has 1 N–H and O–H groups in total. The standard InChI is InChI=1S/C9H9ClOS/c10-7-3-1-2-6(4-7)8-5-9(8)12-11/h1-4,8-9,11H,5H2. The van der Waals surface area contributed by atoms with Gasteiger partial charge in [-0.25, -0.2) is 0 Å². The molecule has 1 nitrogen and oxygen atoms in total. The molecule has 1 aromatic carbocycles. The Hall–Kier alpha value is -0.180. The van der Waals surface area contributed by atoms with E-state index in [4.69, 9.17) is 16.2 Å². The fraction of sp³-hybridized carbons (Fsp3) is 0.333. The smallest absolute Gasteiger partial charge is 0.0408 e. The minimum absolute atomic E-state index is 0.392. The lowest BCUT2D eigenvalue weighted by Crippen LogP contribution is -1.82. The van der Waals surface area contributed by atoms with E-state index in [1.807, 2.05) is 18.2 Å². The van der Waals surface area contributed by atoms with Crippen molar-refractivity contribution in [3.63, 3.8) is 0 Å². The summed E-state index contributed by atoms with van der Waals surface area (Å²) >= 11 is 6.79. The van der Waals surface area contributed by atoms with Crippen molar-refractivity contribution < 1.29 is 4.55 Å². The molecule has 0 heterocycles. The Morgan fingerprint density at radius 2 is 2.33 bits per heavy atom. The Balaban J connectivity index is 2.14. The highest BCUT2D eigenvalue weighted by molar-refractivity contribution is 7.94. The predicted octanol–water partition coefficient (Wildman–Crippen LogP) is 3.40. The summed E-state index contributed by atoms with van der Waals surface area (Å²) in [6.45, 7) is 0. The lowest BCUT2D eigenvalue weighted by Gasteiger charge is -1.98. The maximum Gasteiger partial charge on any atom is 0.0408 e. The molecule has 2 rings (SSSR count). The van der Waals surface area contributed by atoms with Gasteiger partial charge in [-0.3, -0.25) is 0 Å². The molecular weight excluding hydrogens is 192 g/mol. The molecule has 1 saturated carbocycles. The second-order valence-electron chi connectivity index (χ2n) is 3.04. The van der Waals surface area contributed by atoms with Gasteiger partial charge >= 0.3 is 0 Å². The molecule has 0 bridgehead atoms. The van der Waals surface area contributed by atoms with E-state index in [-0.39, 0.29) is 0 Å². The van der Waals surface area contributed by atoms with Crippen LogP contribution in [0.5, 0.6) is 0 Å². The van der Waals surface area contributed by atoms with E-state index in [1.165, 1.54) is 5.56 Å². The quantitative estimate of drug-likeness (QED) is 0.739. The van der Waals surface area contributed by atoms with Crippen LogP contribution in [-0.4, -0.2) is 9.80 Å². The molecule has 2 atom stereocenters. The predicted molar refractivity (Wildman–Crippen MR) is 52.8 cm³/mol. The molecule has 0 aliphatic heterocycles. The molecule has 1 aliphatic rings. The zero-order valence-electron chi connectivity index (χ0n) is 6.40. The third kappa shape index (κ3) is 1.60. The van der Waals surface area contributed by atoms with Crippen molar-refractivity contribution in [3.8, 4) is 0 Å². The fourth-order valence-corrected chi connectivity index (χ4v) is 2.17. The molecule has 1 fully saturated rings. The summed E-state index contributed by atoms with van der Waals surface area (Å²) in [7, 11) is 0. The van der Waals surface area contributed by atoms with Crippen LogP contribution in [0.1, 0.15) is 17.9 Å². The van der Waals surface area contributed by atoms with E-state index in [9.17, 15) is 0 Å².